The van der Waals surface area contributed by atoms with Gasteiger partial charge in [0.05, 0.1) is 12.6 Å². The monoisotopic (exact) mass is 511 g/mol. The van der Waals surface area contributed by atoms with Gasteiger partial charge in [0.1, 0.15) is 12.1 Å². The average molecular weight is 512 g/mol. The lowest BCUT2D eigenvalue weighted by Crippen LogP contribution is -2.57. The summed E-state index contributed by atoms with van der Waals surface area (Å²) in [6, 6.07) is 7.77. The third-order valence-corrected chi connectivity index (χ3v) is 7.28. The zero-order valence-corrected chi connectivity index (χ0v) is 22.2. The van der Waals surface area contributed by atoms with Crippen LogP contribution in [0.1, 0.15) is 57.9 Å². The minimum absolute atomic E-state index is 0.0294. The molecule has 9 nitrogen and oxygen atoms in total. The van der Waals surface area contributed by atoms with E-state index in [0.717, 1.165) is 44.1 Å². The number of rotatable bonds is 11. The van der Waals surface area contributed by atoms with Crippen molar-refractivity contribution in [3.05, 3.63) is 48.3 Å². The molecule has 1 aromatic rings. The summed E-state index contributed by atoms with van der Waals surface area (Å²) in [4.78, 5) is 55.4. The van der Waals surface area contributed by atoms with E-state index in [1.807, 2.05) is 37.3 Å². The summed E-state index contributed by atoms with van der Waals surface area (Å²) < 4.78 is 0. The van der Waals surface area contributed by atoms with Crippen LogP contribution in [0.25, 0.3) is 0 Å². The number of carbonyl (C=O) groups excluding carboxylic acids is 4. The molecule has 1 saturated carbocycles. The number of nitrogens with zero attached hydrogens (tertiary/aromatic N) is 2. The molecule has 37 heavy (non-hydrogen) atoms. The number of hydrogen-bond donors (Lipinski definition) is 3. The van der Waals surface area contributed by atoms with Crippen LogP contribution in [0.5, 0.6) is 0 Å². The van der Waals surface area contributed by atoms with Crippen LogP contribution in [0, 0.1) is 5.92 Å². The van der Waals surface area contributed by atoms with Gasteiger partial charge >= 0.3 is 0 Å². The Bertz CT molecular complexity index is 961. The van der Waals surface area contributed by atoms with Crippen molar-refractivity contribution in [1.29, 1.82) is 0 Å². The van der Waals surface area contributed by atoms with E-state index in [2.05, 4.69) is 16.0 Å². The van der Waals surface area contributed by atoms with Crippen LogP contribution >= 0.6 is 0 Å². The maximum Gasteiger partial charge on any atom is 0.250 e. The molecule has 0 bridgehead atoms. The molecule has 0 radical (unpaired) electrons. The van der Waals surface area contributed by atoms with Crippen LogP contribution in [-0.4, -0.2) is 71.7 Å². The molecule has 3 rings (SSSR count). The van der Waals surface area contributed by atoms with E-state index >= 15 is 0 Å². The van der Waals surface area contributed by atoms with Crippen molar-refractivity contribution in [2.75, 3.05) is 20.1 Å². The molecule has 0 saturated heterocycles. The van der Waals surface area contributed by atoms with Crippen LogP contribution in [0.2, 0.25) is 0 Å². The minimum atomic E-state index is -0.699. The van der Waals surface area contributed by atoms with Crippen molar-refractivity contribution in [3.8, 4) is 0 Å². The van der Waals surface area contributed by atoms with Gasteiger partial charge in [-0.25, -0.2) is 0 Å². The smallest absolute Gasteiger partial charge is 0.250 e. The maximum atomic E-state index is 13.3. The predicted molar refractivity (Wildman–Crippen MR) is 142 cm³/mol. The van der Waals surface area contributed by atoms with E-state index < -0.39 is 18.1 Å². The largest absolute Gasteiger partial charge is 0.345 e. The van der Waals surface area contributed by atoms with Crippen molar-refractivity contribution in [2.45, 2.75) is 76.9 Å². The highest BCUT2D eigenvalue weighted by atomic mass is 16.2. The number of benzene rings is 1. The topological polar surface area (TPSA) is 111 Å². The minimum Gasteiger partial charge on any atom is -0.345 e. The first-order valence-corrected chi connectivity index (χ1v) is 13.4. The Morgan fingerprint density at radius 2 is 1.73 bits per heavy atom. The van der Waals surface area contributed by atoms with E-state index in [4.69, 9.17) is 0 Å². The van der Waals surface area contributed by atoms with E-state index in [-0.39, 0.29) is 36.1 Å². The molecule has 202 valence electrons. The van der Waals surface area contributed by atoms with Crippen molar-refractivity contribution in [3.63, 3.8) is 0 Å². The predicted octanol–water partition coefficient (Wildman–Crippen LogP) is 1.94. The molecule has 0 unspecified atom stereocenters. The van der Waals surface area contributed by atoms with Gasteiger partial charge in [0.25, 0.3) is 0 Å². The maximum absolute atomic E-state index is 13.3. The van der Waals surface area contributed by atoms with E-state index in [0.29, 0.717) is 13.0 Å². The highest BCUT2D eigenvalue weighted by Crippen LogP contribution is 2.27. The summed E-state index contributed by atoms with van der Waals surface area (Å²) in [6.45, 7) is 4.06. The van der Waals surface area contributed by atoms with Crippen LogP contribution in [0.3, 0.4) is 0 Å². The lowest BCUT2D eigenvalue weighted by atomic mass is 9.83. The molecule has 1 heterocycles. The summed E-state index contributed by atoms with van der Waals surface area (Å²) in [5.41, 5.74) is 0.952. The Morgan fingerprint density at radius 3 is 2.38 bits per heavy atom. The highest BCUT2D eigenvalue weighted by Gasteiger charge is 2.36. The van der Waals surface area contributed by atoms with E-state index in [9.17, 15) is 19.2 Å². The molecular formula is C28H41N5O4. The van der Waals surface area contributed by atoms with E-state index in [1.165, 1.54) is 4.90 Å². The molecule has 1 fully saturated rings. The molecule has 1 aliphatic heterocycles. The van der Waals surface area contributed by atoms with Gasteiger partial charge in [-0.05, 0) is 44.7 Å². The number of amides is 4. The lowest BCUT2D eigenvalue weighted by Gasteiger charge is -2.36. The third-order valence-electron chi connectivity index (χ3n) is 7.28. The lowest BCUT2D eigenvalue weighted by molar-refractivity contribution is -0.143. The summed E-state index contributed by atoms with van der Waals surface area (Å²) in [5.74, 6) is -1.09. The Hall–Kier alpha value is -3.20. The second kappa shape index (κ2) is 13.9. The fourth-order valence-corrected chi connectivity index (χ4v) is 4.98. The normalized spacial score (nSPS) is 19.9. The fourth-order valence-electron chi connectivity index (χ4n) is 4.98. The van der Waals surface area contributed by atoms with Crippen molar-refractivity contribution in [1.82, 2.24) is 25.8 Å². The summed E-state index contributed by atoms with van der Waals surface area (Å²) in [7, 11) is 1.69. The molecule has 0 aromatic heterocycles. The van der Waals surface area contributed by atoms with Crippen molar-refractivity contribution >= 4 is 23.6 Å². The van der Waals surface area contributed by atoms with Gasteiger partial charge in [0.2, 0.25) is 23.6 Å². The summed E-state index contributed by atoms with van der Waals surface area (Å²) >= 11 is 0. The van der Waals surface area contributed by atoms with Gasteiger partial charge in [0, 0.05) is 25.4 Å². The summed E-state index contributed by atoms with van der Waals surface area (Å²) in [6.07, 6.45) is 9.32. The first-order valence-electron chi connectivity index (χ1n) is 13.4. The van der Waals surface area contributed by atoms with Crippen LogP contribution in [0.15, 0.2) is 42.7 Å². The van der Waals surface area contributed by atoms with Crippen molar-refractivity contribution in [2.24, 2.45) is 5.92 Å². The summed E-state index contributed by atoms with van der Waals surface area (Å²) in [5, 5.41) is 8.55. The van der Waals surface area contributed by atoms with Gasteiger partial charge in [-0.1, -0.05) is 56.5 Å². The van der Waals surface area contributed by atoms with E-state index in [1.54, 1.807) is 31.3 Å². The second-order valence-corrected chi connectivity index (χ2v) is 9.95. The number of nitrogens with one attached hydrogen (secondary N) is 3. The Balaban J connectivity index is 1.71. The number of likely N-dealkylation sites (N-methyl/N-ethyl adjacent to an activating group) is 1. The zero-order chi connectivity index (χ0) is 26.8. The van der Waals surface area contributed by atoms with Gasteiger partial charge in [-0.15, -0.1) is 0 Å². The second-order valence-electron chi connectivity index (χ2n) is 9.95. The quantitative estimate of drug-likeness (QED) is 0.421. The number of hydrogen-bond acceptors (Lipinski definition) is 5. The first-order chi connectivity index (χ1) is 17.8. The molecule has 3 atom stereocenters. The van der Waals surface area contributed by atoms with Gasteiger partial charge < -0.3 is 25.8 Å². The number of carbonyl (C=O) groups is 4. The Kier molecular flexibility index (Phi) is 10.7. The molecule has 1 aromatic carbocycles. The Morgan fingerprint density at radius 1 is 1.03 bits per heavy atom. The standard InChI is InChI=1S/C28H41N5O4/c1-4-15-32-16-17-33(23(28(32)37)18-21-11-7-5-8-12-21)24(34)19-30-27(36)25(22-13-9-6-10-14-22)31-26(35)20(2)29-3/h5,7-8,11-12,16-17,20,22-23,25,29H,4,6,9-10,13-15,18-19H2,1-3H3,(H,30,36)(H,31,35)/t20-,23-,25-/m0/s1. The molecular weight excluding hydrogens is 470 g/mol. The van der Waals surface area contributed by atoms with Crippen LogP contribution in [-0.2, 0) is 25.6 Å². The molecule has 4 amide bonds. The average Bonchev–Trinajstić information content (AvgIpc) is 2.93. The highest BCUT2D eigenvalue weighted by molar-refractivity contribution is 5.94. The van der Waals surface area contributed by atoms with Gasteiger partial charge in [0.15, 0.2) is 0 Å². The third kappa shape index (κ3) is 7.64. The Labute approximate surface area is 220 Å². The van der Waals surface area contributed by atoms with Gasteiger partial charge in [-0.2, -0.15) is 0 Å². The van der Waals surface area contributed by atoms with Crippen LogP contribution in [0.4, 0.5) is 0 Å². The fraction of sp³-hybridized carbons (Fsp3) is 0.571. The van der Waals surface area contributed by atoms with Crippen molar-refractivity contribution < 1.29 is 19.2 Å². The molecule has 0 spiro atoms. The molecule has 3 N–H and O–H groups in total. The van der Waals surface area contributed by atoms with Crippen LogP contribution < -0.4 is 16.0 Å². The van der Waals surface area contributed by atoms with Gasteiger partial charge in [-0.3, -0.25) is 19.2 Å². The zero-order valence-electron chi connectivity index (χ0n) is 22.2. The SMILES string of the molecule is CCCN1C=CN(C(=O)CNC(=O)[C@@H](NC(=O)[C@H](C)NC)C2CCCCC2)[C@@H](Cc2ccccc2)C1=O. The molecule has 2 aliphatic rings. The first kappa shape index (κ1) is 28.4. The molecule has 1 aliphatic carbocycles. The molecule has 9 heteroatoms.